The highest BCUT2D eigenvalue weighted by Crippen LogP contribution is 2.47. The first-order valence-corrected chi connectivity index (χ1v) is 13.2. The molecule has 0 bridgehead atoms. The van der Waals surface area contributed by atoms with E-state index >= 15 is 0 Å². The van der Waals surface area contributed by atoms with Crippen molar-refractivity contribution in [2.24, 2.45) is 0 Å². The highest BCUT2D eigenvalue weighted by atomic mass is 32.2. The summed E-state index contributed by atoms with van der Waals surface area (Å²) in [5.41, 5.74) is 2.46. The minimum atomic E-state index is -0.354. The Bertz CT molecular complexity index is 796. The smallest absolute Gasteiger partial charge is 0.0846 e. The Kier molecular flexibility index (Phi) is 6.87. The molecule has 166 valence electrons. The van der Waals surface area contributed by atoms with Gasteiger partial charge in [0.2, 0.25) is 0 Å². The van der Waals surface area contributed by atoms with Crippen LogP contribution in [0.4, 0.5) is 11.4 Å². The molecule has 1 N–H and O–H groups in total. The largest absolute Gasteiger partial charge is 0.390 e. The van der Waals surface area contributed by atoms with Gasteiger partial charge >= 0.3 is 0 Å². The van der Waals surface area contributed by atoms with Gasteiger partial charge in [-0.1, -0.05) is 74.6 Å². The van der Waals surface area contributed by atoms with Crippen molar-refractivity contribution >= 4 is 23.1 Å². The highest BCUT2D eigenvalue weighted by Gasteiger charge is 2.32. The summed E-state index contributed by atoms with van der Waals surface area (Å²) >= 11 is 1.84. The maximum atomic E-state index is 11.4. The monoisotopic (exact) mass is 436 g/mol. The SMILES string of the molecule is OC(CN1c2ccccc2Sc2ccccc21)CN(C1CCCCC1)C1CCCCC1. The van der Waals surface area contributed by atoms with Crippen LogP contribution in [-0.4, -0.2) is 41.3 Å². The van der Waals surface area contributed by atoms with Crippen LogP contribution in [0.15, 0.2) is 58.3 Å². The fourth-order valence-corrected chi connectivity index (χ4v) is 7.01. The molecular formula is C27H36N2OS. The lowest BCUT2D eigenvalue weighted by Gasteiger charge is -2.43. The van der Waals surface area contributed by atoms with Gasteiger partial charge in [0, 0.05) is 28.4 Å². The summed E-state index contributed by atoms with van der Waals surface area (Å²) < 4.78 is 0. The van der Waals surface area contributed by atoms with Crippen molar-refractivity contribution in [3.05, 3.63) is 48.5 Å². The van der Waals surface area contributed by atoms with Gasteiger partial charge in [-0.25, -0.2) is 0 Å². The Morgan fingerprint density at radius 2 is 1.26 bits per heavy atom. The minimum Gasteiger partial charge on any atom is -0.390 e. The number of nitrogens with zero attached hydrogens (tertiary/aromatic N) is 2. The zero-order chi connectivity index (χ0) is 21.0. The summed E-state index contributed by atoms with van der Waals surface area (Å²) in [7, 11) is 0. The Labute approximate surface area is 191 Å². The third kappa shape index (κ3) is 4.81. The average Bonchev–Trinajstić information content (AvgIpc) is 2.83. The molecule has 4 heteroatoms. The molecule has 0 aromatic heterocycles. The van der Waals surface area contributed by atoms with Gasteiger partial charge in [0.15, 0.2) is 0 Å². The molecule has 0 spiro atoms. The van der Waals surface area contributed by atoms with Crippen molar-refractivity contribution in [1.82, 2.24) is 4.90 Å². The van der Waals surface area contributed by atoms with Crippen LogP contribution in [0.3, 0.4) is 0 Å². The Balaban J connectivity index is 1.35. The number of anilines is 2. The lowest BCUT2D eigenvalue weighted by atomic mass is 9.88. The number of rotatable bonds is 6. The number of benzene rings is 2. The highest BCUT2D eigenvalue weighted by molar-refractivity contribution is 7.99. The molecule has 3 nitrogen and oxygen atoms in total. The summed E-state index contributed by atoms with van der Waals surface area (Å²) in [6, 6.07) is 18.6. The summed E-state index contributed by atoms with van der Waals surface area (Å²) in [6.07, 6.45) is 13.1. The van der Waals surface area contributed by atoms with E-state index in [0.29, 0.717) is 18.6 Å². The maximum Gasteiger partial charge on any atom is 0.0846 e. The molecular weight excluding hydrogens is 400 g/mol. The molecule has 1 atom stereocenters. The van der Waals surface area contributed by atoms with Crippen molar-refractivity contribution in [2.75, 3.05) is 18.0 Å². The molecule has 31 heavy (non-hydrogen) atoms. The van der Waals surface area contributed by atoms with E-state index in [1.807, 2.05) is 11.8 Å². The minimum absolute atomic E-state index is 0.354. The Hall–Kier alpha value is -1.49. The van der Waals surface area contributed by atoms with Gasteiger partial charge in [-0.15, -0.1) is 0 Å². The van der Waals surface area contributed by atoms with Crippen LogP contribution >= 0.6 is 11.8 Å². The van der Waals surface area contributed by atoms with Crippen molar-refractivity contribution < 1.29 is 5.11 Å². The second kappa shape index (κ2) is 9.97. The average molecular weight is 437 g/mol. The normalized spacial score (nSPS) is 21.0. The van der Waals surface area contributed by atoms with Gasteiger partial charge in [0.05, 0.1) is 24.0 Å². The van der Waals surface area contributed by atoms with Crippen molar-refractivity contribution in [3.8, 4) is 0 Å². The fraction of sp³-hybridized carbons (Fsp3) is 0.556. The Morgan fingerprint density at radius 3 is 1.77 bits per heavy atom. The maximum absolute atomic E-state index is 11.4. The lowest BCUT2D eigenvalue weighted by Crippen LogP contribution is -2.50. The number of β-amino-alcohol motifs (C(OH)–C–C–N with tert-alkyl or cyclic N) is 1. The van der Waals surface area contributed by atoms with Crippen LogP contribution in [0.2, 0.25) is 0 Å². The standard InChI is InChI=1S/C27H36N2OS/c30-23(19-28(21-11-3-1-4-12-21)22-13-5-2-6-14-22)20-29-24-15-7-9-17-26(24)31-27-18-10-8-16-25(27)29/h7-10,15-18,21-23,30H,1-6,11-14,19-20H2. The second-order valence-electron chi connectivity index (χ2n) is 9.58. The molecule has 2 saturated carbocycles. The molecule has 1 unspecified atom stereocenters. The first-order valence-electron chi connectivity index (χ1n) is 12.4. The quantitative estimate of drug-likeness (QED) is 0.551. The van der Waals surface area contributed by atoms with Crippen molar-refractivity contribution in [2.45, 2.75) is 92.2 Å². The third-order valence-electron chi connectivity index (χ3n) is 7.43. The molecule has 0 amide bonds. The summed E-state index contributed by atoms with van der Waals surface area (Å²) in [4.78, 5) is 7.65. The number of aliphatic hydroxyl groups is 1. The van der Waals surface area contributed by atoms with E-state index in [-0.39, 0.29) is 6.10 Å². The zero-order valence-electron chi connectivity index (χ0n) is 18.6. The van der Waals surface area contributed by atoms with Crippen LogP contribution in [-0.2, 0) is 0 Å². The third-order valence-corrected chi connectivity index (χ3v) is 8.56. The molecule has 5 rings (SSSR count). The van der Waals surface area contributed by atoms with Gasteiger partial charge in [-0.05, 0) is 49.9 Å². The summed E-state index contributed by atoms with van der Waals surface area (Å²) in [6.45, 7) is 1.47. The number of fused-ring (bicyclic) bond motifs is 2. The predicted molar refractivity (Wildman–Crippen MR) is 130 cm³/mol. The Morgan fingerprint density at radius 1 is 0.774 bits per heavy atom. The van der Waals surface area contributed by atoms with E-state index in [2.05, 4.69) is 58.3 Å². The van der Waals surface area contributed by atoms with Crippen molar-refractivity contribution in [1.29, 1.82) is 0 Å². The molecule has 0 saturated heterocycles. The molecule has 1 heterocycles. The van der Waals surface area contributed by atoms with Gasteiger partial charge in [0.1, 0.15) is 0 Å². The number of aliphatic hydroxyl groups excluding tert-OH is 1. The number of hydrogen-bond donors (Lipinski definition) is 1. The van der Waals surface area contributed by atoms with Gasteiger partial charge in [-0.2, -0.15) is 0 Å². The van der Waals surface area contributed by atoms with E-state index in [1.165, 1.54) is 85.4 Å². The molecule has 3 aliphatic rings. The molecule has 0 radical (unpaired) electrons. The second-order valence-corrected chi connectivity index (χ2v) is 10.7. The van der Waals surface area contributed by atoms with Crippen LogP contribution in [0, 0.1) is 0 Å². The lowest BCUT2D eigenvalue weighted by molar-refractivity contribution is 0.0323. The van der Waals surface area contributed by atoms with Gasteiger partial charge < -0.3 is 10.0 Å². The molecule has 2 aromatic rings. The van der Waals surface area contributed by atoms with Gasteiger partial charge in [-0.3, -0.25) is 4.90 Å². The van der Waals surface area contributed by atoms with Crippen LogP contribution < -0.4 is 4.90 Å². The van der Waals surface area contributed by atoms with Crippen LogP contribution in [0.25, 0.3) is 0 Å². The zero-order valence-corrected chi connectivity index (χ0v) is 19.4. The molecule has 1 aliphatic heterocycles. The summed E-state index contributed by atoms with van der Waals surface area (Å²) in [5, 5.41) is 11.4. The van der Waals surface area contributed by atoms with Crippen LogP contribution in [0.1, 0.15) is 64.2 Å². The van der Waals surface area contributed by atoms with E-state index in [4.69, 9.17) is 0 Å². The van der Waals surface area contributed by atoms with Crippen molar-refractivity contribution in [3.63, 3.8) is 0 Å². The van der Waals surface area contributed by atoms with E-state index < -0.39 is 0 Å². The predicted octanol–water partition coefficient (Wildman–Crippen LogP) is 6.62. The number of para-hydroxylation sites is 2. The fourth-order valence-electron chi connectivity index (χ4n) is 5.91. The number of hydrogen-bond acceptors (Lipinski definition) is 4. The molecule has 2 fully saturated rings. The molecule has 2 aromatic carbocycles. The van der Waals surface area contributed by atoms with E-state index in [9.17, 15) is 5.11 Å². The molecule has 2 aliphatic carbocycles. The van der Waals surface area contributed by atoms with Crippen LogP contribution in [0.5, 0.6) is 0 Å². The first-order chi connectivity index (χ1) is 15.3. The van der Waals surface area contributed by atoms with E-state index in [1.54, 1.807) is 0 Å². The van der Waals surface area contributed by atoms with Gasteiger partial charge in [0.25, 0.3) is 0 Å². The topological polar surface area (TPSA) is 26.7 Å². The first kappa shape index (κ1) is 21.4. The summed E-state index contributed by atoms with van der Waals surface area (Å²) in [5.74, 6) is 0. The van der Waals surface area contributed by atoms with E-state index in [0.717, 1.165) is 6.54 Å².